The first-order valence-corrected chi connectivity index (χ1v) is 28.5. The SMILES string of the molecule is CCCCC(CC)COCC(O)CN(CCCCCCN(CC(O)COCCC[Si](OC)(OC)OC)CC(O)COCC(CC)CCCC)CC(O)COCCC[Si](OC)(OC)OC. The minimum absolute atomic E-state index is 0.180. The third kappa shape index (κ3) is 31.8. The summed E-state index contributed by atoms with van der Waals surface area (Å²) in [6.45, 7) is 14.8. The van der Waals surface area contributed by atoms with Crippen molar-refractivity contribution in [2.24, 2.45) is 11.8 Å². The molecule has 16 nitrogen and oxygen atoms in total. The minimum Gasteiger partial charge on any atom is -0.389 e. The number of nitrogens with zero attached hydrogens (tertiary/aromatic N) is 2. The van der Waals surface area contributed by atoms with Crippen LogP contribution in [0.1, 0.15) is 118 Å². The van der Waals surface area contributed by atoms with Crippen molar-refractivity contribution in [2.45, 2.75) is 154 Å². The largest absolute Gasteiger partial charge is 0.500 e. The van der Waals surface area contributed by atoms with Crippen LogP contribution in [0.15, 0.2) is 0 Å². The molecule has 0 bridgehead atoms. The molecule has 0 aromatic rings. The summed E-state index contributed by atoms with van der Waals surface area (Å²) in [7, 11) is 4.21. The molecule has 0 saturated heterocycles. The van der Waals surface area contributed by atoms with Crippen LogP contribution in [0.2, 0.25) is 12.1 Å². The average molecular weight is 961 g/mol. The maximum atomic E-state index is 11.0. The van der Waals surface area contributed by atoms with Crippen LogP contribution in [0.4, 0.5) is 0 Å². The summed E-state index contributed by atoms with van der Waals surface area (Å²) in [5.74, 6) is 0.993. The Morgan fingerprint density at radius 3 is 0.984 bits per heavy atom. The van der Waals surface area contributed by atoms with E-state index >= 15 is 0 Å². The fourth-order valence-corrected chi connectivity index (χ4v) is 11.2. The van der Waals surface area contributed by atoms with E-state index in [1.807, 2.05) is 0 Å². The highest BCUT2D eigenvalue weighted by molar-refractivity contribution is 6.60. The summed E-state index contributed by atoms with van der Waals surface area (Å²) >= 11 is 0. The highest BCUT2D eigenvalue weighted by Crippen LogP contribution is 2.18. The van der Waals surface area contributed by atoms with Gasteiger partial charge in [0.2, 0.25) is 0 Å². The summed E-state index contributed by atoms with van der Waals surface area (Å²) in [6, 6.07) is 1.23. The molecule has 0 spiro atoms. The van der Waals surface area contributed by atoms with Crippen LogP contribution in [-0.4, -0.2) is 207 Å². The summed E-state index contributed by atoms with van der Waals surface area (Å²) in [5.41, 5.74) is 0. The van der Waals surface area contributed by atoms with Gasteiger partial charge in [-0.2, -0.15) is 0 Å². The van der Waals surface area contributed by atoms with E-state index < -0.39 is 42.0 Å². The lowest BCUT2D eigenvalue weighted by atomic mass is 10.0. The highest BCUT2D eigenvalue weighted by atomic mass is 28.4. The second-order valence-corrected chi connectivity index (χ2v) is 23.6. The number of aliphatic hydroxyl groups is 4. The molecular formula is C46H100N2O14Si2. The van der Waals surface area contributed by atoms with Gasteiger partial charge in [0.05, 0.1) is 50.8 Å². The van der Waals surface area contributed by atoms with Crippen molar-refractivity contribution in [3.8, 4) is 0 Å². The molecule has 0 fully saturated rings. The monoisotopic (exact) mass is 961 g/mol. The normalized spacial score (nSPS) is 15.6. The Morgan fingerprint density at radius 1 is 0.391 bits per heavy atom. The molecule has 6 atom stereocenters. The molecule has 0 aromatic carbocycles. The van der Waals surface area contributed by atoms with Gasteiger partial charge in [-0.3, -0.25) is 9.80 Å². The van der Waals surface area contributed by atoms with Gasteiger partial charge in [0, 0.05) is 107 Å². The Balaban J connectivity index is 5.32. The van der Waals surface area contributed by atoms with Gasteiger partial charge >= 0.3 is 17.6 Å². The molecule has 6 unspecified atom stereocenters. The number of hydrogen-bond donors (Lipinski definition) is 4. The highest BCUT2D eigenvalue weighted by Gasteiger charge is 2.37. The number of hydrogen-bond acceptors (Lipinski definition) is 16. The molecule has 0 rings (SSSR count). The predicted molar refractivity (Wildman–Crippen MR) is 258 cm³/mol. The van der Waals surface area contributed by atoms with E-state index in [2.05, 4.69) is 37.5 Å². The Kier molecular flexibility index (Phi) is 41.6. The van der Waals surface area contributed by atoms with Crippen LogP contribution in [0.25, 0.3) is 0 Å². The molecule has 0 aromatic heterocycles. The van der Waals surface area contributed by atoms with Gasteiger partial charge in [0.1, 0.15) is 0 Å². The molecule has 0 aliphatic heterocycles. The van der Waals surface area contributed by atoms with Crippen LogP contribution < -0.4 is 0 Å². The fraction of sp³-hybridized carbons (Fsp3) is 1.00. The third-order valence-corrected chi connectivity index (χ3v) is 17.7. The lowest BCUT2D eigenvalue weighted by Gasteiger charge is -2.28. The molecule has 64 heavy (non-hydrogen) atoms. The van der Waals surface area contributed by atoms with Gasteiger partial charge in [-0.05, 0) is 63.5 Å². The molecule has 0 heterocycles. The molecule has 0 aliphatic rings. The summed E-state index contributed by atoms with van der Waals surface area (Å²) in [6.07, 6.45) is 11.3. The molecule has 4 N–H and O–H groups in total. The maximum absolute atomic E-state index is 11.0. The molecular weight excluding hydrogens is 861 g/mol. The second kappa shape index (κ2) is 41.7. The number of aliphatic hydroxyl groups excluding tert-OH is 4. The zero-order chi connectivity index (χ0) is 47.9. The van der Waals surface area contributed by atoms with Gasteiger partial charge in [-0.25, -0.2) is 0 Å². The van der Waals surface area contributed by atoms with Crippen LogP contribution in [0.3, 0.4) is 0 Å². The number of ether oxygens (including phenoxy) is 4. The van der Waals surface area contributed by atoms with Gasteiger partial charge in [-0.1, -0.05) is 79.1 Å². The smallest absolute Gasteiger partial charge is 0.389 e. The minimum atomic E-state index is -2.68. The molecule has 0 saturated carbocycles. The van der Waals surface area contributed by atoms with E-state index in [-0.39, 0.29) is 26.4 Å². The van der Waals surface area contributed by atoms with Crippen molar-refractivity contribution in [3.05, 3.63) is 0 Å². The Bertz CT molecular complexity index is 918. The van der Waals surface area contributed by atoms with E-state index in [1.54, 1.807) is 42.7 Å². The van der Waals surface area contributed by atoms with Crippen LogP contribution in [-0.2, 0) is 45.5 Å². The quantitative estimate of drug-likeness (QED) is 0.0435. The predicted octanol–water partition coefficient (Wildman–Crippen LogP) is 5.63. The van der Waals surface area contributed by atoms with E-state index in [9.17, 15) is 20.4 Å². The molecule has 18 heteroatoms. The standard InChI is InChI=1S/C46H100N2O14Si2/c1-11-15-23-41(13-3)35-61-39-45(51)33-47(31-43(49)37-59-27-21-29-63(53-5,54-6)55-7)25-19-17-18-20-26-48(34-46(52)40-62-36-42(14-4)24-16-12-2)32-44(50)38-60-28-22-30-64(56-8,57-9)58-10/h41-46,49-52H,11-40H2,1-10H3. The molecule has 386 valence electrons. The van der Waals surface area contributed by atoms with Crippen LogP contribution in [0.5, 0.6) is 0 Å². The van der Waals surface area contributed by atoms with Gasteiger partial charge in [-0.15, -0.1) is 0 Å². The van der Waals surface area contributed by atoms with Gasteiger partial charge in [0.25, 0.3) is 0 Å². The van der Waals surface area contributed by atoms with Crippen molar-refractivity contribution in [3.63, 3.8) is 0 Å². The molecule has 0 amide bonds. The summed E-state index contributed by atoms with van der Waals surface area (Å²) < 4.78 is 56.6. The lowest BCUT2D eigenvalue weighted by molar-refractivity contribution is -0.0173. The lowest BCUT2D eigenvalue weighted by Crippen LogP contribution is -2.43. The third-order valence-electron chi connectivity index (χ3n) is 12.0. The number of rotatable bonds is 49. The summed E-state index contributed by atoms with van der Waals surface area (Å²) in [4.78, 5) is 4.23. The van der Waals surface area contributed by atoms with E-state index in [0.29, 0.717) is 102 Å². The first-order valence-electron chi connectivity index (χ1n) is 24.7. The van der Waals surface area contributed by atoms with Crippen molar-refractivity contribution in [1.29, 1.82) is 0 Å². The molecule has 0 radical (unpaired) electrons. The molecule has 0 aliphatic carbocycles. The fourth-order valence-electron chi connectivity index (χ4n) is 7.81. The van der Waals surface area contributed by atoms with Gasteiger partial charge in [0.15, 0.2) is 0 Å². The zero-order valence-corrected chi connectivity index (χ0v) is 44.4. The van der Waals surface area contributed by atoms with Crippen molar-refractivity contribution in [1.82, 2.24) is 9.80 Å². The maximum Gasteiger partial charge on any atom is 0.500 e. The van der Waals surface area contributed by atoms with Gasteiger partial charge < -0.3 is 65.9 Å². The second-order valence-electron chi connectivity index (χ2n) is 17.4. The van der Waals surface area contributed by atoms with E-state index in [4.69, 9.17) is 45.5 Å². The Hall–Kier alpha value is -0.206. The average Bonchev–Trinajstić information content (AvgIpc) is 3.29. The zero-order valence-electron chi connectivity index (χ0n) is 42.4. The van der Waals surface area contributed by atoms with Crippen molar-refractivity contribution in [2.75, 3.05) is 135 Å². The Labute approximate surface area is 392 Å². The van der Waals surface area contributed by atoms with E-state index in [0.717, 1.165) is 64.2 Å². The topological polar surface area (TPSA) is 180 Å². The Morgan fingerprint density at radius 2 is 0.703 bits per heavy atom. The van der Waals surface area contributed by atoms with Crippen molar-refractivity contribution < 1.29 is 65.9 Å². The summed E-state index contributed by atoms with van der Waals surface area (Å²) in [5, 5.41) is 44.0. The first-order chi connectivity index (χ1) is 30.9. The van der Waals surface area contributed by atoms with E-state index in [1.165, 1.54) is 12.8 Å². The first kappa shape index (κ1) is 63.8. The van der Waals surface area contributed by atoms with Crippen LogP contribution >= 0.6 is 0 Å². The van der Waals surface area contributed by atoms with Crippen molar-refractivity contribution >= 4 is 17.6 Å². The van der Waals surface area contributed by atoms with Crippen LogP contribution in [0, 0.1) is 11.8 Å². The number of unbranched alkanes of at least 4 members (excludes halogenated alkanes) is 5.